The van der Waals surface area contributed by atoms with Crippen LogP contribution >= 0.6 is 0 Å². The Morgan fingerprint density at radius 3 is 2.80 bits per heavy atom. The van der Waals surface area contributed by atoms with E-state index in [-0.39, 0.29) is 12.6 Å². The molecule has 0 aromatic heterocycles. The molecule has 5 nitrogen and oxygen atoms in total. The minimum atomic E-state index is -0.364. The summed E-state index contributed by atoms with van der Waals surface area (Å²) >= 11 is 0. The standard InChI is InChI=1S/C15H22N2O3/c1-2-20-15(19)12-7-4-8-13(16)14(12)17(9-10-18)11-5-3-6-11/h4,7-8,11,18H,2-3,5-6,9-10,16H2,1H3. The fourth-order valence-electron chi connectivity index (χ4n) is 2.54. The van der Waals surface area contributed by atoms with Crippen LogP contribution in [0.2, 0.25) is 0 Å². The highest BCUT2D eigenvalue weighted by molar-refractivity contribution is 5.99. The number of para-hydroxylation sites is 1. The second-order valence-corrected chi connectivity index (χ2v) is 4.97. The molecule has 0 heterocycles. The molecular formula is C15H22N2O3. The van der Waals surface area contributed by atoms with Gasteiger partial charge >= 0.3 is 5.97 Å². The van der Waals surface area contributed by atoms with Crippen LogP contribution in [0.4, 0.5) is 11.4 Å². The van der Waals surface area contributed by atoms with Crippen molar-refractivity contribution in [3.05, 3.63) is 23.8 Å². The van der Waals surface area contributed by atoms with E-state index < -0.39 is 0 Å². The van der Waals surface area contributed by atoms with E-state index in [1.165, 1.54) is 6.42 Å². The van der Waals surface area contributed by atoms with E-state index in [9.17, 15) is 9.90 Å². The predicted molar refractivity (Wildman–Crippen MR) is 78.9 cm³/mol. The number of rotatable bonds is 6. The van der Waals surface area contributed by atoms with Crippen molar-refractivity contribution < 1.29 is 14.6 Å². The largest absolute Gasteiger partial charge is 0.462 e. The van der Waals surface area contributed by atoms with Crippen molar-refractivity contribution in [2.24, 2.45) is 0 Å². The zero-order chi connectivity index (χ0) is 14.5. The molecule has 20 heavy (non-hydrogen) atoms. The van der Waals surface area contributed by atoms with Crippen molar-refractivity contribution in [3.8, 4) is 0 Å². The number of nitrogens with two attached hydrogens (primary N) is 1. The molecule has 1 aromatic carbocycles. The van der Waals surface area contributed by atoms with Crippen LogP contribution in [-0.4, -0.2) is 36.9 Å². The van der Waals surface area contributed by atoms with E-state index in [2.05, 4.69) is 0 Å². The number of hydrogen-bond acceptors (Lipinski definition) is 5. The number of ether oxygens (including phenoxy) is 1. The molecule has 1 fully saturated rings. The number of nitrogen functional groups attached to an aromatic ring is 1. The predicted octanol–water partition coefficient (Wildman–Crippen LogP) is 1.80. The van der Waals surface area contributed by atoms with Crippen molar-refractivity contribution in [1.29, 1.82) is 0 Å². The van der Waals surface area contributed by atoms with Crippen molar-refractivity contribution in [2.45, 2.75) is 32.2 Å². The van der Waals surface area contributed by atoms with Crippen molar-refractivity contribution in [2.75, 3.05) is 30.4 Å². The zero-order valence-corrected chi connectivity index (χ0v) is 11.8. The van der Waals surface area contributed by atoms with E-state index in [1.54, 1.807) is 25.1 Å². The highest BCUT2D eigenvalue weighted by Gasteiger charge is 2.29. The number of carbonyl (C=O) groups is 1. The summed E-state index contributed by atoms with van der Waals surface area (Å²) in [5.74, 6) is -0.364. The molecule has 5 heteroatoms. The van der Waals surface area contributed by atoms with E-state index in [0.717, 1.165) is 12.8 Å². The summed E-state index contributed by atoms with van der Waals surface area (Å²) in [7, 11) is 0. The van der Waals surface area contributed by atoms with Crippen LogP contribution in [0.3, 0.4) is 0 Å². The summed E-state index contributed by atoms with van der Waals surface area (Å²) < 4.78 is 5.10. The average Bonchev–Trinajstić information content (AvgIpc) is 2.36. The second-order valence-electron chi connectivity index (χ2n) is 4.97. The third-order valence-electron chi connectivity index (χ3n) is 3.71. The van der Waals surface area contributed by atoms with Crippen LogP contribution in [0, 0.1) is 0 Å². The molecule has 0 radical (unpaired) electrons. The summed E-state index contributed by atoms with van der Waals surface area (Å²) in [4.78, 5) is 14.1. The van der Waals surface area contributed by atoms with Crippen LogP contribution in [0.5, 0.6) is 0 Å². The van der Waals surface area contributed by atoms with Gasteiger partial charge in [-0.15, -0.1) is 0 Å². The minimum Gasteiger partial charge on any atom is -0.462 e. The Hall–Kier alpha value is -1.75. The van der Waals surface area contributed by atoms with E-state index >= 15 is 0 Å². The number of carbonyl (C=O) groups excluding carboxylic acids is 1. The lowest BCUT2D eigenvalue weighted by molar-refractivity contribution is 0.0527. The average molecular weight is 278 g/mol. The Balaban J connectivity index is 2.38. The lowest BCUT2D eigenvalue weighted by Gasteiger charge is -2.40. The maximum absolute atomic E-state index is 12.1. The molecule has 1 aliphatic carbocycles. The van der Waals surface area contributed by atoms with E-state index in [1.807, 2.05) is 4.90 Å². The topological polar surface area (TPSA) is 75.8 Å². The fourth-order valence-corrected chi connectivity index (χ4v) is 2.54. The molecule has 2 rings (SSSR count). The van der Waals surface area contributed by atoms with Crippen LogP contribution in [0.1, 0.15) is 36.5 Å². The molecule has 0 aliphatic heterocycles. The van der Waals surface area contributed by atoms with Crippen molar-refractivity contribution in [1.82, 2.24) is 0 Å². The Kier molecular flexibility index (Phi) is 4.84. The molecule has 1 aromatic rings. The molecule has 0 bridgehead atoms. The highest BCUT2D eigenvalue weighted by atomic mass is 16.5. The Morgan fingerprint density at radius 2 is 2.25 bits per heavy atom. The smallest absolute Gasteiger partial charge is 0.340 e. The molecule has 1 aliphatic rings. The number of benzene rings is 1. The first-order valence-electron chi connectivity index (χ1n) is 7.12. The van der Waals surface area contributed by atoms with Gasteiger partial charge in [0.05, 0.1) is 30.2 Å². The number of nitrogens with zero attached hydrogens (tertiary/aromatic N) is 1. The normalized spacial score (nSPS) is 14.7. The maximum Gasteiger partial charge on any atom is 0.340 e. The third kappa shape index (κ3) is 2.88. The Morgan fingerprint density at radius 1 is 1.50 bits per heavy atom. The van der Waals surface area contributed by atoms with Crippen LogP contribution in [-0.2, 0) is 4.74 Å². The van der Waals surface area contributed by atoms with Crippen LogP contribution in [0.25, 0.3) is 0 Å². The lowest BCUT2D eigenvalue weighted by atomic mass is 9.90. The first-order chi connectivity index (χ1) is 9.69. The molecule has 3 N–H and O–H groups in total. The lowest BCUT2D eigenvalue weighted by Crippen LogP contribution is -2.43. The molecule has 0 amide bonds. The summed E-state index contributed by atoms with van der Waals surface area (Å²) in [6, 6.07) is 5.61. The number of aliphatic hydroxyl groups is 1. The number of esters is 1. The Labute approximate surface area is 119 Å². The number of aliphatic hydroxyl groups excluding tert-OH is 1. The van der Waals surface area contributed by atoms with Crippen molar-refractivity contribution in [3.63, 3.8) is 0 Å². The fraction of sp³-hybridized carbons (Fsp3) is 0.533. The molecular weight excluding hydrogens is 256 g/mol. The van der Waals surface area contributed by atoms with Gasteiger partial charge in [0.15, 0.2) is 0 Å². The summed E-state index contributed by atoms with van der Waals surface area (Å²) in [5, 5.41) is 9.29. The Bertz CT molecular complexity index is 472. The van der Waals surface area contributed by atoms with Gasteiger partial charge in [0, 0.05) is 12.6 Å². The van der Waals surface area contributed by atoms with Gasteiger partial charge < -0.3 is 20.5 Å². The van der Waals surface area contributed by atoms with Crippen LogP contribution in [0.15, 0.2) is 18.2 Å². The highest BCUT2D eigenvalue weighted by Crippen LogP contribution is 2.35. The van der Waals surface area contributed by atoms with Crippen molar-refractivity contribution >= 4 is 17.3 Å². The van der Waals surface area contributed by atoms with Gasteiger partial charge in [-0.3, -0.25) is 0 Å². The van der Waals surface area contributed by atoms with Gasteiger partial charge in [0.2, 0.25) is 0 Å². The van der Waals surface area contributed by atoms with Gasteiger partial charge in [0.1, 0.15) is 0 Å². The number of hydrogen-bond donors (Lipinski definition) is 2. The van der Waals surface area contributed by atoms with E-state index in [0.29, 0.717) is 36.1 Å². The second kappa shape index (κ2) is 6.61. The molecule has 0 spiro atoms. The molecule has 0 saturated heterocycles. The summed E-state index contributed by atoms with van der Waals surface area (Å²) in [6.45, 7) is 2.62. The third-order valence-corrected chi connectivity index (χ3v) is 3.71. The van der Waals surface area contributed by atoms with Gasteiger partial charge in [-0.05, 0) is 38.3 Å². The molecule has 1 saturated carbocycles. The SMILES string of the molecule is CCOC(=O)c1cccc(N)c1N(CCO)C1CCC1. The first kappa shape index (κ1) is 14.7. The maximum atomic E-state index is 12.1. The summed E-state index contributed by atoms with van der Waals surface area (Å²) in [5.41, 5.74) is 7.80. The molecule has 0 unspecified atom stereocenters. The summed E-state index contributed by atoms with van der Waals surface area (Å²) in [6.07, 6.45) is 3.31. The first-order valence-corrected chi connectivity index (χ1v) is 7.12. The monoisotopic (exact) mass is 278 g/mol. The number of anilines is 2. The van der Waals surface area contributed by atoms with Gasteiger partial charge in [0.25, 0.3) is 0 Å². The molecule has 110 valence electrons. The van der Waals surface area contributed by atoms with Gasteiger partial charge in [-0.25, -0.2) is 4.79 Å². The van der Waals surface area contributed by atoms with Crippen LogP contribution < -0.4 is 10.6 Å². The molecule has 0 atom stereocenters. The van der Waals surface area contributed by atoms with E-state index in [4.69, 9.17) is 10.5 Å². The van der Waals surface area contributed by atoms with Gasteiger partial charge in [-0.1, -0.05) is 6.07 Å². The quantitative estimate of drug-likeness (QED) is 0.613. The van der Waals surface area contributed by atoms with Gasteiger partial charge in [-0.2, -0.15) is 0 Å². The zero-order valence-electron chi connectivity index (χ0n) is 11.8. The minimum absolute atomic E-state index is 0.0348.